The number of rotatable bonds is 9. The number of hydrogen-bond acceptors (Lipinski definition) is 5. The van der Waals surface area contributed by atoms with Crippen LogP contribution in [0.1, 0.15) is 34.7 Å². The Morgan fingerprint density at radius 2 is 1.93 bits per heavy atom. The van der Waals surface area contributed by atoms with Crippen LogP contribution in [-0.4, -0.2) is 43.3 Å². The van der Waals surface area contributed by atoms with Gasteiger partial charge in [-0.15, -0.1) is 0 Å². The summed E-state index contributed by atoms with van der Waals surface area (Å²) in [5.41, 5.74) is 2.32. The molecular weight excluding hydrogens is 370 g/mol. The number of benzene rings is 1. The molecule has 6 nitrogen and oxygen atoms in total. The van der Waals surface area contributed by atoms with Crippen molar-refractivity contribution in [3.05, 3.63) is 52.3 Å². The van der Waals surface area contributed by atoms with Crippen LogP contribution in [0.4, 0.5) is 0 Å². The molecule has 0 radical (unpaired) electrons. The van der Waals surface area contributed by atoms with E-state index in [1.165, 1.54) is 0 Å². The fraction of sp³-hybridized carbons (Fsp3) is 0.400. The first kappa shape index (κ1) is 21.0. The molecule has 0 spiro atoms. The molecule has 0 amide bonds. The van der Waals surface area contributed by atoms with Gasteiger partial charge in [-0.1, -0.05) is 17.7 Å². The largest absolute Gasteiger partial charge is 0.482 e. The van der Waals surface area contributed by atoms with Gasteiger partial charge in [0, 0.05) is 29.1 Å². The Labute approximate surface area is 164 Å². The number of hydrogen-bond donors (Lipinski definition) is 0. The molecule has 0 saturated carbocycles. The van der Waals surface area contributed by atoms with Crippen molar-refractivity contribution in [1.29, 1.82) is 0 Å². The van der Waals surface area contributed by atoms with Crippen LogP contribution in [0, 0.1) is 13.8 Å². The van der Waals surface area contributed by atoms with Crippen molar-refractivity contribution in [3.63, 3.8) is 0 Å². The average molecular weight is 394 g/mol. The molecule has 2 rings (SSSR count). The number of aromatic nitrogens is 1. The first-order chi connectivity index (χ1) is 12.8. The molecule has 0 aliphatic rings. The number of methoxy groups -OCH3 is 1. The van der Waals surface area contributed by atoms with Crippen LogP contribution in [0.15, 0.2) is 30.3 Å². The van der Waals surface area contributed by atoms with Gasteiger partial charge in [0.1, 0.15) is 5.75 Å². The van der Waals surface area contributed by atoms with Crippen molar-refractivity contribution in [1.82, 2.24) is 4.57 Å². The highest BCUT2D eigenvalue weighted by molar-refractivity contribution is 6.30. The molecule has 0 N–H and O–H groups in total. The second kappa shape index (κ2) is 9.58. The van der Waals surface area contributed by atoms with Crippen molar-refractivity contribution in [2.24, 2.45) is 0 Å². The van der Waals surface area contributed by atoms with Gasteiger partial charge in [0.15, 0.2) is 13.2 Å². The highest BCUT2D eigenvalue weighted by Gasteiger charge is 2.20. The van der Waals surface area contributed by atoms with Crippen LogP contribution in [0.3, 0.4) is 0 Å². The number of nitrogens with zero attached hydrogens (tertiary/aromatic N) is 1. The summed E-state index contributed by atoms with van der Waals surface area (Å²) >= 11 is 5.85. The van der Waals surface area contributed by atoms with Gasteiger partial charge in [-0.05, 0) is 45.0 Å². The lowest BCUT2D eigenvalue weighted by Gasteiger charge is -2.17. The van der Waals surface area contributed by atoms with Crippen LogP contribution in [0.2, 0.25) is 5.02 Å². The molecule has 2 aromatic rings. The van der Waals surface area contributed by atoms with E-state index in [0.29, 0.717) is 22.9 Å². The Morgan fingerprint density at radius 3 is 2.59 bits per heavy atom. The summed E-state index contributed by atoms with van der Waals surface area (Å²) in [5, 5.41) is 0.508. The predicted molar refractivity (Wildman–Crippen MR) is 103 cm³/mol. The maximum absolute atomic E-state index is 12.5. The fourth-order valence-corrected chi connectivity index (χ4v) is 3.20. The Morgan fingerprint density at radius 1 is 1.19 bits per heavy atom. The Balaban J connectivity index is 1.91. The van der Waals surface area contributed by atoms with Crippen molar-refractivity contribution in [3.8, 4) is 5.75 Å². The standard InChI is InChI=1S/C20H24ClNO5/c1-13-8-18(15(3)22(13)14(2)10-25-4)19(23)11-27-20(24)12-26-17-7-5-6-16(21)9-17/h5-9,14H,10-12H2,1-4H3. The second-order valence-electron chi connectivity index (χ2n) is 6.29. The zero-order valence-corrected chi connectivity index (χ0v) is 16.7. The second-order valence-corrected chi connectivity index (χ2v) is 6.73. The lowest BCUT2D eigenvalue weighted by atomic mass is 10.1. The fourth-order valence-electron chi connectivity index (χ4n) is 3.02. The lowest BCUT2D eigenvalue weighted by molar-refractivity contribution is -0.144. The normalized spacial score (nSPS) is 11.9. The van der Waals surface area contributed by atoms with Crippen LogP contribution in [0.25, 0.3) is 0 Å². The number of ketones is 1. The summed E-state index contributed by atoms with van der Waals surface area (Å²) in [4.78, 5) is 24.3. The SMILES string of the molecule is COCC(C)n1c(C)cc(C(=O)COC(=O)COc2cccc(Cl)c2)c1C. The van der Waals surface area contributed by atoms with E-state index in [4.69, 9.17) is 25.8 Å². The summed E-state index contributed by atoms with van der Waals surface area (Å²) in [5.74, 6) is -0.415. The molecule has 27 heavy (non-hydrogen) atoms. The van der Waals surface area contributed by atoms with E-state index >= 15 is 0 Å². The van der Waals surface area contributed by atoms with Gasteiger partial charge in [-0.25, -0.2) is 4.79 Å². The lowest BCUT2D eigenvalue weighted by Crippen LogP contribution is -2.20. The average Bonchev–Trinajstić information content (AvgIpc) is 2.92. The molecule has 0 fully saturated rings. The highest BCUT2D eigenvalue weighted by Crippen LogP contribution is 2.21. The van der Waals surface area contributed by atoms with Gasteiger partial charge in [0.25, 0.3) is 0 Å². The van der Waals surface area contributed by atoms with Gasteiger partial charge in [-0.3, -0.25) is 4.79 Å². The molecule has 0 aliphatic heterocycles. The van der Waals surface area contributed by atoms with Gasteiger partial charge in [-0.2, -0.15) is 0 Å². The molecule has 1 aromatic heterocycles. The number of halogens is 1. The highest BCUT2D eigenvalue weighted by atomic mass is 35.5. The third-order valence-corrected chi connectivity index (χ3v) is 4.39. The first-order valence-electron chi connectivity index (χ1n) is 8.58. The maximum atomic E-state index is 12.5. The maximum Gasteiger partial charge on any atom is 0.344 e. The summed E-state index contributed by atoms with van der Waals surface area (Å²) in [6, 6.07) is 8.60. The van der Waals surface area contributed by atoms with Crippen LogP contribution in [0.5, 0.6) is 5.75 Å². The van der Waals surface area contributed by atoms with E-state index in [1.807, 2.05) is 25.3 Å². The number of aryl methyl sites for hydroxylation is 1. The summed E-state index contributed by atoms with van der Waals surface area (Å²) < 4.78 is 17.6. The van der Waals surface area contributed by atoms with E-state index in [0.717, 1.165) is 11.4 Å². The van der Waals surface area contributed by atoms with E-state index < -0.39 is 5.97 Å². The molecule has 146 valence electrons. The number of Topliss-reactive ketones (excluding diaryl/α,β-unsaturated/α-hetero) is 1. The molecule has 0 saturated heterocycles. The molecule has 7 heteroatoms. The molecule has 1 aromatic carbocycles. The molecule has 0 aliphatic carbocycles. The monoisotopic (exact) mass is 393 g/mol. The molecule has 1 heterocycles. The molecule has 1 atom stereocenters. The van der Waals surface area contributed by atoms with Crippen molar-refractivity contribution >= 4 is 23.4 Å². The zero-order chi connectivity index (χ0) is 20.0. The molecule has 1 unspecified atom stereocenters. The van der Waals surface area contributed by atoms with Gasteiger partial charge < -0.3 is 18.8 Å². The third-order valence-electron chi connectivity index (χ3n) is 4.15. The van der Waals surface area contributed by atoms with Gasteiger partial charge in [0.05, 0.1) is 12.6 Å². The van der Waals surface area contributed by atoms with Crippen molar-refractivity contribution < 1.29 is 23.8 Å². The van der Waals surface area contributed by atoms with E-state index in [1.54, 1.807) is 37.4 Å². The third kappa shape index (κ3) is 5.58. The van der Waals surface area contributed by atoms with Crippen LogP contribution < -0.4 is 4.74 Å². The minimum absolute atomic E-state index is 0.102. The number of esters is 1. The Bertz CT molecular complexity index is 815. The van der Waals surface area contributed by atoms with Gasteiger partial charge in [0.2, 0.25) is 5.78 Å². The van der Waals surface area contributed by atoms with E-state index in [-0.39, 0.29) is 25.0 Å². The number of carbonyl (C=O) groups excluding carboxylic acids is 2. The van der Waals surface area contributed by atoms with E-state index in [2.05, 4.69) is 0 Å². The first-order valence-corrected chi connectivity index (χ1v) is 8.95. The van der Waals surface area contributed by atoms with Crippen molar-refractivity contribution in [2.45, 2.75) is 26.8 Å². The molecule has 0 bridgehead atoms. The van der Waals surface area contributed by atoms with Gasteiger partial charge >= 0.3 is 5.97 Å². The quantitative estimate of drug-likeness (QED) is 0.479. The topological polar surface area (TPSA) is 66.8 Å². The summed E-state index contributed by atoms with van der Waals surface area (Å²) in [7, 11) is 1.64. The predicted octanol–water partition coefficient (Wildman–Crippen LogP) is 3.77. The van der Waals surface area contributed by atoms with Crippen LogP contribution in [-0.2, 0) is 14.3 Å². The number of ether oxygens (including phenoxy) is 3. The smallest absolute Gasteiger partial charge is 0.344 e. The Hall–Kier alpha value is -2.31. The summed E-state index contributed by atoms with van der Waals surface area (Å²) in [6.45, 7) is 5.74. The Kier molecular flexibility index (Phi) is 7.45. The van der Waals surface area contributed by atoms with E-state index in [9.17, 15) is 9.59 Å². The molecular formula is C20H24ClNO5. The minimum atomic E-state index is -0.620. The minimum Gasteiger partial charge on any atom is -0.482 e. The summed E-state index contributed by atoms with van der Waals surface area (Å²) in [6.07, 6.45) is 0. The number of carbonyl (C=O) groups is 2. The zero-order valence-electron chi connectivity index (χ0n) is 16.0. The van der Waals surface area contributed by atoms with Crippen LogP contribution >= 0.6 is 11.6 Å². The van der Waals surface area contributed by atoms with Crippen molar-refractivity contribution in [2.75, 3.05) is 26.9 Å².